The van der Waals surface area contributed by atoms with Gasteiger partial charge in [0, 0.05) is 31.7 Å². The lowest BCUT2D eigenvalue weighted by molar-refractivity contribution is -0.114. The number of benzene rings is 1. The molecule has 154 valence electrons. The van der Waals surface area contributed by atoms with Crippen LogP contribution in [0, 0.1) is 5.92 Å². The van der Waals surface area contributed by atoms with E-state index in [1.807, 2.05) is 0 Å². The lowest BCUT2D eigenvalue weighted by Gasteiger charge is -2.34. The largest absolute Gasteiger partial charge is 0.491 e. The van der Waals surface area contributed by atoms with E-state index in [4.69, 9.17) is 4.74 Å². The summed E-state index contributed by atoms with van der Waals surface area (Å²) in [6, 6.07) is 7.58. The van der Waals surface area contributed by atoms with Crippen molar-refractivity contribution in [1.82, 2.24) is 10.2 Å². The maximum absolute atomic E-state index is 11.0. The molecule has 0 spiro atoms. The fraction of sp³-hybridized carbons (Fsp3) is 0.650. The molecule has 0 aromatic heterocycles. The Morgan fingerprint density at radius 3 is 2.48 bits per heavy atom. The molecule has 2 rings (SSSR count). The quantitative estimate of drug-likeness (QED) is 0.595. The van der Waals surface area contributed by atoms with Gasteiger partial charge < -0.3 is 20.5 Å². The highest BCUT2D eigenvalue weighted by Gasteiger charge is 2.21. The van der Waals surface area contributed by atoms with Gasteiger partial charge in [0.15, 0.2) is 0 Å². The molecular formula is C20H34ClN3O3. The zero-order valence-corrected chi connectivity index (χ0v) is 17.4. The number of rotatable bonds is 9. The minimum absolute atomic E-state index is 0. The Hall–Kier alpha value is -1.34. The van der Waals surface area contributed by atoms with Gasteiger partial charge in [0.2, 0.25) is 5.91 Å². The normalized spacial score (nSPS) is 16.1. The van der Waals surface area contributed by atoms with Crippen LogP contribution in [-0.4, -0.2) is 60.8 Å². The number of amides is 1. The van der Waals surface area contributed by atoms with E-state index < -0.39 is 6.10 Å². The summed E-state index contributed by atoms with van der Waals surface area (Å²) >= 11 is 0. The minimum atomic E-state index is -0.533. The minimum Gasteiger partial charge on any atom is -0.491 e. The Bertz CT molecular complexity index is 548. The van der Waals surface area contributed by atoms with Crippen molar-refractivity contribution in [2.75, 3.05) is 38.1 Å². The summed E-state index contributed by atoms with van der Waals surface area (Å²) in [6.07, 6.45) is 1.88. The molecule has 1 atom stereocenters. The predicted octanol–water partition coefficient (Wildman–Crippen LogP) is 2.52. The number of nitrogens with zero attached hydrogens (tertiary/aromatic N) is 1. The van der Waals surface area contributed by atoms with Crippen LogP contribution < -0.4 is 15.4 Å². The van der Waals surface area contributed by atoms with Gasteiger partial charge in [-0.1, -0.05) is 0 Å². The molecule has 1 saturated heterocycles. The molecule has 0 aliphatic carbocycles. The monoisotopic (exact) mass is 399 g/mol. The van der Waals surface area contributed by atoms with E-state index in [9.17, 15) is 9.90 Å². The first-order chi connectivity index (χ1) is 12.4. The van der Waals surface area contributed by atoms with Gasteiger partial charge in [-0.25, -0.2) is 0 Å². The summed E-state index contributed by atoms with van der Waals surface area (Å²) in [4.78, 5) is 13.4. The van der Waals surface area contributed by atoms with E-state index >= 15 is 0 Å². The zero-order valence-electron chi connectivity index (χ0n) is 16.6. The second-order valence-corrected chi connectivity index (χ2v) is 7.41. The molecule has 3 N–H and O–H groups in total. The second-order valence-electron chi connectivity index (χ2n) is 7.41. The van der Waals surface area contributed by atoms with E-state index in [0.717, 1.165) is 25.3 Å². The van der Waals surface area contributed by atoms with Crippen LogP contribution in [-0.2, 0) is 4.79 Å². The highest BCUT2D eigenvalue weighted by Crippen LogP contribution is 2.17. The zero-order chi connectivity index (χ0) is 18.9. The number of halogens is 1. The summed E-state index contributed by atoms with van der Waals surface area (Å²) in [5, 5.41) is 16.5. The lowest BCUT2D eigenvalue weighted by atomic mass is 9.97. The average Bonchev–Trinajstić information content (AvgIpc) is 2.61. The highest BCUT2D eigenvalue weighted by atomic mass is 35.5. The first-order valence-corrected chi connectivity index (χ1v) is 9.57. The molecule has 0 radical (unpaired) electrons. The van der Waals surface area contributed by atoms with Crippen LogP contribution in [0.15, 0.2) is 24.3 Å². The number of carbonyl (C=O) groups excluding carboxylic acids is 1. The van der Waals surface area contributed by atoms with Gasteiger partial charge in [-0.3, -0.25) is 9.69 Å². The van der Waals surface area contributed by atoms with E-state index in [0.29, 0.717) is 24.3 Å². The van der Waals surface area contributed by atoms with Crippen molar-refractivity contribution in [2.45, 2.75) is 45.8 Å². The standard InChI is InChI=1S/C20H33N3O3.ClH/c1-15(2)23(12-17-8-10-21-11-9-17)13-19(25)14-26-20-6-4-18(5-7-20)22-16(3)24;/h4-7,15,17,19,21,25H,8-14H2,1-3H3,(H,22,24);1H. The van der Waals surface area contributed by atoms with Crippen LogP contribution in [0.4, 0.5) is 5.69 Å². The van der Waals surface area contributed by atoms with Gasteiger partial charge in [-0.15, -0.1) is 12.4 Å². The Morgan fingerprint density at radius 1 is 1.30 bits per heavy atom. The van der Waals surface area contributed by atoms with Crippen LogP contribution in [0.2, 0.25) is 0 Å². The molecule has 1 fully saturated rings. The van der Waals surface area contributed by atoms with E-state index in [1.54, 1.807) is 24.3 Å². The van der Waals surface area contributed by atoms with Crippen molar-refractivity contribution in [3.63, 3.8) is 0 Å². The number of aliphatic hydroxyl groups is 1. The molecule has 27 heavy (non-hydrogen) atoms. The second kappa shape index (κ2) is 12.2. The molecule has 7 heteroatoms. The van der Waals surface area contributed by atoms with Crippen LogP contribution in [0.3, 0.4) is 0 Å². The van der Waals surface area contributed by atoms with Gasteiger partial charge in [-0.05, 0) is 70.0 Å². The van der Waals surface area contributed by atoms with Crippen LogP contribution in [0.25, 0.3) is 0 Å². The molecular weight excluding hydrogens is 366 g/mol. The maximum atomic E-state index is 11.0. The van der Waals surface area contributed by atoms with Crippen molar-refractivity contribution in [2.24, 2.45) is 5.92 Å². The molecule has 1 aliphatic rings. The SMILES string of the molecule is CC(=O)Nc1ccc(OCC(O)CN(CC2CCNCC2)C(C)C)cc1.Cl. The molecule has 1 heterocycles. The lowest BCUT2D eigenvalue weighted by Crippen LogP contribution is -2.44. The number of hydrogen-bond donors (Lipinski definition) is 3. The number of aliphatic hydroxyl groups excluding tert-OH is 1. The van der Waals surface area contributed by atoms with Crippen LogP contribution in [0.1, 0.15) is 33.6 Å². The Morgan fingerprint density at radius 2 is 1.93 bits per heavy atom. The molecule has 1 aromatic carbocycles. The number of ether oxygens (including phenoxy) is 1. The van der Waals surface area contributed by atoms with Gasteiger partial charge in [-0.2, -0.15) is 0 Å². The maximum Gasteiger partial charge on any atom is 0.221 e. The van der Waals surface area contributed by atoms with E-state index in [2.05, 4.69) is 29.4 Å². The predicted molar refractivity (Wildman–Crippen MR) is 112 cm³/mol. The van der Waals surface area contributed by atoms with Crippen molar-refractivity contribution >= 4 is 24.0 Å². The summed E-state index contributed by atoms with van der Waals surface area (Å²) in [5.41, 5.74) is 0.735. The fourth-order valence-electron chi connectivity index (χ4n) is 3.25. The van der Waals surface area contributed by atoms with E-state index in [1.165, 1.54) is 19.8 Å². The Kier molecular flexibility index (Phi) is 10.7. The number of carbonyl (C=O) groups is 1. The molecule has 0 saturated carbocycles. The van der Waals surface area contributed by atoms with Crippen molar-refractivity contribution in [1.29, 1.82) is 0 Å². The third-order valence-corrected chi connectivity index (χ3v) is 4.74. The Labute approximate surface area is 169 Å². The molecule has 1 aromatic rings. The summed E-state index contributed by atoms with van der Waals surface area (Å²) < 4.78 is 5.70. The molecule has 1 unspecified atom stereocenters. The number of anilines is 1. The summed E-state index contributed by atoms with van der Waals surface area (Å²) in [5.74, 6) is 1.29. The van der Waals surface area contributed by atoms with E-state index in [-0.39, 0.29) is 24.9 Å². The summed E-state index contributed by atoms with van der Waals surface area (Å²) in [7, 11) is 0. The highest BCUT2D eigenvalue weighted by molar-refractivity contribution is 5.88. The number of piperidine rings is 1. The average molecular weight is 400 g/mol. The topological polar surface area (TPSA) is 73.8 Å². The smallest absolute Gasteiger partial charge is 0.221 e. The van der Waals surface area contributed by atoms with Crippen molar-refractivity contribution < 1.29 is 14.6 Å². The third kappa shape index (κ3) is 8.93. The van der Waals surface area contributed by atoms with Crippen molar-refractivity contribution in [3.05, 3.63) is 24.3 Å². The fourth-order valence-corrected chi connectivity index (χ4v) is 3.25. The van der Waals surface area contributed by atoms with Gasteiger partial charge >= 0.3 is 0 Å². The van der Waals surface area contributed by atoms with Gasteiger partial charge in [0.1, 0.15) is 18.5 Å². The number of hydrogen-bond acceptors (Lipinski definition) is 5. The van der Waals surface area contributed by atoms with Gasteiger partial charge in [0.25, 0.3) is 0 Å². The molecule has 1 amide bonds. The van der Waals surface area contributed by atoms with Gasteiger partial charge in [0.05, 0.1) is 0 Å². The summed E-state index contributed by atoms with van der Waals surface area (Å²) in [6.45, 7) is 9.92. The van der Waals surface area contributed by atoms with Crippen LogP contribution >= 0.6 is 12.4 Å². The first-order valence-electron chi connectivity index (χ1n) is 9.57. The Balaban J connectivity index is 0.00000364. The first kappa shape index (κ1) is 23.7. The van der Waals surface area contributed by atoms with Crippen LogP contribution in [0.5, 0.6) is 5.75 Å². The molecule has 1 aliphatic heterocycles. The molecule has 6 nitrogen and oxygen atoms in total. The van der Waals surface area contributed by atoms with Crippen molar-refractivity contribution in [3.8, 4) is 5.75 Å². The molecule has 0 bridgehead atoms. The number of nitrogens with one attached hydrogen (secondary N) is 2. The third-order valence-electron chi connectivity index (χ3n) is 4.74.